The van der Waals surface area contributed by atoms with Crippen molar-refractivity contribution in [2.24, 2.45) is 5.92 Å². The second kappa shape index (κ2) is 11.3. The lowest BCUT2D eigenvalue weighted by Crippen LogP contribution is -2.43. The van der Waals surface area contributed by atoms with E-state index in [4.69, 9.17) is 21.6 Å². The van der Waals surface area contributed by atoms with Gasteiger partial charge in [0.25, 0.3) is 0 Å². The highest BCUT2D eigenvalue weighted by Gasteiger charge is 2.35. The molecule has 0 radical (unpaired) electrons. The molecule has 2 aromatic carbocycles. The van der Waals surface area contributed by atoms with Crippen LogP contribution in [0.2, 0.25) is 5.02 Å². The maximum atomic E-state index is 12.6. The van der Waals surface area contributed by atoms with Crippen molar-refractivity contribution in [1.29, 1.82) is 5.26 Å². The highest BCUT2D eigenvalue weighted by Crippen LogP contribution is 2.37. The van der Waals surface area contributed by atoms with Gasteiger partial charge < -0.3 is 15.0 Å². The van der Waals surface area contributed by atoms with Crippen LogP contribution in [0.15, 0.2) is 42.5 Å². The maximum absolute atomic E-state index is 12.6. The van der Waals surface area contributed by atoms with Gasteiger partial charge in [-0.25, -0.2) is 0 Å². The number of benzene rings is 2. The van der Waals surface area contributed by atoms with Crippen molar-refractivity contribution in [3.8, 4) is 17.2 Å². The van der Waals surface area contributed by atoms with Crippen molar-refractivity contribution in [1.82, 2.24) is 10.2 Å². The van der Waals surface area contributed by atoms with Crippen molar-refractivity contribution < 1.29 is 9.53 Å². The molecule has 1 aliphatic rings. The number of hydrogen-bond donors (Lipinski definition) is 1. The van der Waals surface area contributed by atoms with Crippen molar-refractivity contribution in [3.63, 3.8) is 0 Å². The third-order valence-corrected chi connectivity index (χ3v) is 6.15. The first-order valence-corrected chi connectivity index (χ1v) is 11.3. The normalized spacial score (nSPS) is 18.1. The summed E-state index contributed by atoms with van der Waals surface area (Å²) in [6.07, 6.45) is 0.739. The topological polar surface area (TPSA) is 68.6 Å². The molecular weight excluding hydrogens is 424 g/mol. The summed E-state index contributed by atoms with van der Waals surface area (Å²) < 4.78 is 5.14. The minimum Gasteiger partial charge on any atom is -0.383 e. The van der Waals surface area contributed by atoms with Crippen LogP contribution in [0, 0.1) is 17.2 Å². The van der Waals surface area contributed by atoms with Crippen LogP contribution in [0.25, 0.3) is 11.1 Å². The average Bonchev–Trinajstić information content (AvgIpc) is 3.18. The van der Waals surface area contributed by atoms with Gasteiger partial charge in [0, 0.05) is 26.7 Å². The molecule has 1 fully saturated rings. The highest BCUT2D eigenvalue weighted by atomic mass is 35.5. The summed E-state index contributed by atoms with van der Waals surface area (Å²) in [6, 6.07) is 16.1. The lowest BCUT2D eigenvalue weighted by atomic mass is 10.0. The van der Waals surface area contributed by atoms with Crippen LogP contribution in [0.4, 0.5) is 5.69 Å². The lowest BCUT2D eigenvalue weighted by Gasteiger charge is -2.27. The van der Waals surface area contributed by atoms with E-state index >= 15 is 0 Å². The van der Waals surface area contributed by atoms with E-state index in [9.17, 15) is 4.79 Å². The summed E-state index contributed by atoms with van der Waals surface area (Å²) >= 11 is 6.57. The molecule has 32 heavy (non-hydrogen) atoms. The van der Waals surface area contributed by atoms with E-state index < -0.39 is 0 Å². The molecule has 6 nitrogen and oxygen atoms in total. The molecule has 0 spiro atoms. The number of likely N-dealkylation sites (N-methyl/N-ethyl adjacent to an activating group) is 1. The Kier molecular flexibility index (Phi) is 8.52. The van der Waals surface area contributed by atoms with Crippen LogP contribution in [0.5, 0.6) is 0 Å². The number of nitrogens with zero attached hydrogens (tertiary/aromatic N) is 3. The van der Waals surface area contributed by atoms with Gasteiger partial charge >= 0.3 is 0 Å². The fourth-order valence-electron chi connectivity index (χ4n) is 4.16. The van der Waals surface area contributed by atoms with Crippen LogP contribution in [-0.4, -0.2) is 57.2 Å². The third-order valence-electron chi connectivity index (χ3n) is 5.83. The molecule has 1 saturated heterocycles. The molecule has 2 atom stereocenters. The Hall–Kier alpha value is -2.59. The third kappa shape index (κ3) is 6.01. The molecule has 1 N–H and O–H groups in total. The molecular formula is C25H31ClN4O2. The Morgan fingerprint density at radius 1 is 1.28 bits per heavy atom. The molecule has 0 aliphatic carbocycles. The summed E-state index contributed by atoms with van der Waals surface area (Å²) in [5, 5.41) is 12.1. The summed E-state index contributed by atoms with van der Waals surface area (Å²) in [5.41, 5.74) is 4.25. The van der Waals surface area contributed by atoms with Crippen LogP contribution in [-0.2, 0) is 16.1 Å². The van der Waals surface area contributed by atoms with E-state index in [-0.39, 0.29) is 18.5 Å². The monoisotopic (exact) mass is 454 g/mol. The van der Waals surface area contributed by atoms with Crippen molar-refractivity contribution in [3.05, 3.63) is 53.1 Å². The standard InChI is InChI=1S/C25H31ClN4O2/c1-18-14-24(25(31)28-11-10-27)30(16-18)23-15-21(8-9-22(23)26)20-6-4-19(5-7-20)17-29(2)12-13-32-3/h4-9,15,18,24H,11-14,16-17H2,1-3H3,(H,28,31)/t18-,24-/m0/s1. The molecule has 0 bridgehead atoms. The number of ether oxygens (including phenoxy) is 1. The van der Waals surface area contributed by atoms with Crippen LogP contribution >= 0.6 is 11.6 Å². The summed E-state index contributed by atoms with van der Waals surface area (Å²) in [6.45, 7) is 5.35. The number of hydrogen-bond acceptors (Lipinski definition) is 5. The number of carbonyl (C=O) groups excluding carboxylic acids is 1. The first kappa shape index (κ1) is 24.1. The smallest absolute Gasteiger partial charge is 0.243 e. The lowest BCUT2D eigenvalue weighted by molar-refractivity contribution is -0.122. The van der Waals surface area contributed by atoms with Crippen molar-refractivity contribution >= 4 is 23.2 Å². The Morgan fingerprint density at radius 2 is 2.00 bits per heavy atom. The van der Waals surface area contributed by atoms with E-state index in [1.807, 2.05) is 18.2 Å². The Bertz CT molecular complexity index is 957. The van der Waals surface area contributed by atoms with E-state index in [0.717, 1.165) is 42.9 Å². The van der Waals surface area contributed by atoms with E-state index in [2.05, 4.69) is 59.4 Å². The van der Waals surface area contributed by atoms with Crippen LogP contribution < -0.4 is 10.2 Å². The fourth-order valence-corrected chi connectivity index (χ4v) is 4.38. The summed E-state index contributed by atoms with van der Waals surface area (Å²) in [7, 11) is 3.80. The Labute approximate surface area is 195 Å². The number of rotatable bonds is 9. The quantitative estimate of drug-likeness (QED) is 0.581. The first-order valence-electron chi connectivity index (χ1n) is 10.9. The zero-order valence-corrected chi connectivity index (χ0v) is 19.7. The number of amides is 1. The van der Waals surface area contributed by atoms with Gasteiger partial charge in [0.1, 0.15) is 12.6 Å². The molecule has 2 aromatic rings. The zero-order valence-electron chi connectivity index (χ0n) is 19.0. The summed E-state index contributed by atoms with van der Waals surface area (Å²) in [4.78, 5) is 16.9. The van der Waals surface area contributed by atoms with E-state index in [0.29, 0.717) is 17.5 Å². The highest BCUT2D eigenvalue weighted by molar-refractivity contribution is 6.33. The number of halogens is 1. The molecule has 0 aromatic heterocycles. The van der Waals surface area contributed by atoms with Gasteiger partial charge in [0.05, 0.1) is 23.4 Å². The molecule has 3 rings (SSSR count). The Balaban J connectivity index is 1.79. The van der Waals surface area contributed by atoms with E-state index in [1.54, 1.807) is 7.11 Å². The first-order chi connectivity index (χ1) is 15.4. The second-order valence-electron chi connectivity index (χ2n) is 8.48. The molecule has 1 heterocycles. The van der Waals surface area contributed by atoms with Crippen molar-refractivity contribution in [2.45, 2.75) is 25.9 Å². The van der Waals surface area contributed by atoms with Gasteiger partial charge in [-0.3, -0.25) is 9.69 Å². The molecule has 170 valence electrons. The predicted octanol–water partition coefficient (Wildman–Crippen LogP) is 3.94. The number of nitriles is 1. The largest absolute Gasteiger partial charge is 0.383 e. The molecule has 0 unspecified atom stereocenters. The number of nitrogens with one attached hydrogen (secondary N) is 1. The van der Waals surface area contributed by atoms with Gasteiger partial charge in [-0.2, -0.15) is 5.26 Å². The van der Waals surface area contributed by atoms with Gasteiger partial charge in [-0.05, 0) is 48.2 Å². The average molecular weight is 455 g/mol. The number of anilines is 1. The SMILES string of the molecule is COCCN(C)Cc1ccc(-c2ccc(Cl)c(N3C[C@@H](C)C[C@H]3C(=O)NCC#N)c2)cc1. The molecule has 1 aliphatic heterocycles. The van der Waals surface area contributed by atoms with Crippen LogP contribution in [0.3, 0.4) is 0 Å². The minimum absolute atomic E-state index is 0.0122. The van der Waals surface area contributed by atoms with Crippen molar-refractivity contribution in [2.75, 3.05) is 45.3 Å². The van der Waals surface area contributed by atoms with Crippen LogP contribution in [0.1, 0.15) is 18.9 Å². The molecule has 1 amide bonds. The van der Waals surface area contributed by atoms with Gasteiger partial charge in [-0.15, -0.1) is 0 Å². The number of carbonyl (C=O) groups is 1. The fraction of sp³-hybridized carbons (Fsp3) is 0.440. The summed E-state index contributed by atoms with van der Waals surface area (Å²) in [5.74, 6) is 0.237. The zero-order chi connectivity index (χ0) is 23.1. The van der Waals surface area contributed by atoms with Gasteiger partial charge in [0.2, 0.25) is 5.91 Å². The van der Waals surface area contributed by atoms with E-state index in [1.165, 1.54) is 5.56 Å². The number of methoxy groups -OCH3 is 1. The van der Waals surface area contributed by atoms with Gasteiger partial charge in [-0.1, -0.05) is 48.9 Å². The van der Waals surface area contributed by atoms with Gasteiger partial charge in [0.15, 0.2) is 0 Å². The maximum Gasteiger partial charge on any atom is 0.243 e. The molecule has 0 saturated carbocycles. The Morgan fingerprint density at radius 3 is 2.69 bits per heavy atom. The second-order valence-corrected chi connectivity index (χ2v) is 8.89. The minimum atomic E-state index is -0.323. The molecule has 7 heteroatoms. The predicted molar refractivity (Wildman–Crippen MR) is 129 cm³/mol.